The number of rotatable bonds is 7. The minimum absolute atomic E-state index is 0.0218. The van der Waals surface area contributed by atoms with Crippen LogP contribution in [0.3, 0.4) is 0 Å². The van der Waals surface area contributed by atoms with Crippen molar-refractivity contribution in [3.8, 4) is 35.2 Å². The summed E-state index contributed by atoms with van der Waals surface area (Å²) in [5, 5.41) is 14.9. The Hall–Kier alpha value is -4.11. The molecule has 1 aromatic heterocycles. The molecule has 8 nitrogen and oxygen atoms in total. The van der Waals surface area contributed by atoms with E-state index in [9.17, 15) is 9.50 Å². The van der Waals surface area contributed by atoms with Crippen molar-refractivity contribution >= 4 is 27.5 Å². The van der Waals surface area contributed by atoms with Crippen molar-refractivity contribution in [3.05, 3.63) is 53.3 Å². The standard InChI is InChI=1S/C39H40F3N5O3/c1-2-27-30(40)6-3-23-15-26(48)16-28(32(23)27)33-31(41)17-29-35(34(33)42)44-37(45-36(29)47-18-24-4-5-25(19-47)43-24)50-22-39(7-8-39)21-46-12-9-38(20-46)10-13-49-14-11-38/h1,3,6,15-17,24-25,43,48H,4-5,7-14,18-22H2. The summed E-state index contributed by atoms with van der Waals surface area (Å²) < 4.78 is 60.2. The quantitative estimate of drug-likeness (QED) is 0.225. The molecule has 4 aromatic rings. The van der Waals surface area contributed by atoms with Gasteiger partial charge < -0.3 is 29.7 Å². The maximum absolute atomic E-state index is 17.0. The van der Waals surface area contributed by atoms with Crippen molar-refractivity contribution < 1.29 is 27.8 Å². The van der Waals surface area contributed by atoms with E-state index in [1.54, 1.807) is 0 Å². The lowest BCUT2D eigenvalue weighted by molar-refractivity contribution is 0.0179. The minimum atomic E-state index is -0.953. The van der Waals surface area contributed by atoms with Gasteiger partial charge in [0.05, 0.1) is 17.7 Å². The number of hydrogen-bond acceptors (Lipinski definition) is 8. The Labute approximate surface area is 289 Å². The van der Waals surface area contributed by atoms with E-state index >= 15 is 8.78 Å². The van der Waals surface area contributed by atoms with Gasteiger partial charge in [-0.15, -0.1) is 6.42 Å². The Bertz CT molecular complexity index is 2050. The average Bonchev–Trinajstić information content (AvgIpc) is 3.65. The molecule has 260 valence electrons. The van der Waals surface area contributed by atoms with Crippen LogP contribution in [0.5, 0.6) is 11.8 Å². The molecule has 1 saturated carbocycles. The molecule has 1 aliphatic carbocycles. The van der Waals surface area contributed by atoms with Crippen LogP contribution in [0.1, 0.15) is 50.5 Å². The number of halogens is 3. The van der Waals surface area contributed by atoms with Gasteiger partial charge in [0.2, 0.25) is 0 Å². The van der Waals surface area contributed by atoms with Crippen LogP contribution >= 0.6 is 0 Å². The number of phenolic OH excluding ortho intramolecular Hbond substituents is 1. The lowest BCUT2D eigenvalue weighted by Crippen LogP contribution is -2.51. The van der Waals surface area contributed by atoms with Crippen LogP contribution in [0.4, 0.5) is 19.0 Å². The van der Waals surface area contributed by atoms with E-state index in [4.69, 9.17) is 20.9 Å². The summed E-state index contributed by atoms with van der Waals surface area (Å²) in [5.74, 6) is -0.0274. The molecule has 2 N–H and O–H groups in total. The van der Waals surface area contributed by atoms with Crippen molar-refractivity contribution in [1.82, 2.24) is 20.2 Å². The lowest BCUT2D eigenvalue weighted by atomic mass is 9.80. The Morgan fingerprint density at radius 2 is 1.78 bits per heavy atom. The van der Waals surface area contributed by atoms with E-state index in [0.29, 0.717) is 36.3 Å². The number of ether oxygens (including phenoxy) is 2. The van der Waals surface area contributed by atoms with Gasteiger partial charge in [-0.3, -0.25) is 0 Å². The number of terminal acetylenes is 1. The molecule has 4 saturated heterocycles. The fourth-order valence-corrected chi connectivity index (χ4v) is 9.04. The first-order valence-corrected chi connectivity index (χ1v) is 17.8. The van der Waals surface area contributed by atoms with E-state index in [0.717, 1.165) is 71.4 Å². The number of benzene rings is 3. The van der Waals surface area contributed by atoms with Gasteiger partial charge in [0.25, 0.3) is 0 Å². The van der Waals surface area contributed by atoms with Crippen molar-refractivity contribution in [2.75, 3.05) is 57.4 Å². The fourth-order valence-electron chi connectivity index (χ4n) is 9.04. The molecule has 2 atom stereocenters. The van der Waals surface area contributed by atoms with Crippen molar-refractivity contribution in [3.63, 3.8) is 0 Å². The van der Waals surface area contributed by atoms with E-state index in [-0.39, 0.29) is 56.7 Å². The fraction of sp³-hybridized carbons (Fsp3) is 0.487. The number of piperazine rings is 1. The summed E-state index contributed by atoms with van der Waals surface area (Å²) in [5.41, 5.74) is -0.426. The third kappa shape index (κ3) is 5.52. The predicted molar refractivity (Wildman–Crippen MR) is 185 cm³/mol. The highest BCUT2D eigenvalue weighted by Gasteiger charge is 2.48. The third-order valence-electron chi connectivity index (χ3n) is 11.9. The second kappa shape index (κ2) is 12.0. The summed E-state index contributed by atoms with van der Waals surface area (Å²) in [6, 6.07) is 6.99. The summed E-state index contributed by atoms with van der Waals surface area (Å²) >= 11 is 0. The SMILES string of the molecule is C#Cc1c(F)ccc2cc(O)cc(-c3c(F)cc4c(N5CC6CCC(C5)N6)nc(OCC5(CN6CCC7(CCOCC7)C6)CC5)nc4c3F)c12. The second-order valence-electron chi connectivity index (χ2n) is 15.3. The number of hydrogen-bond donors (Lipinski definition) is 2. The molecule has 0 amide bonds. The molecule has 50 heavy (non-hydrogen) atoms. The van der Waals surface area contributed by atoms with Gasteiger partial charge in [-0.25, -0.2) is 13.2 Å². The molecule has 2 unspecified atom stereocenters. The smallest absolute Gasteiger partial charge is 0.319 e. The maximum Gasteiger partial charge on any atom is 0.319 e. The van der Waals surface area contributed by atoms with Gasteiger partial charge >= 0.3 is 6.01 Å². The number of fused-ring (bicyclic) bond motifs is 4. The topological polar surface area (TPSA) is 83.0 Å². The third-order valence-corrected chi connectivity index (χ3v) is 11.9. The number of nitrogens with zero attached hydrogens (tertiary/aromatic N) is 4. The average molecular weight is 684 g/mol. The van der Waals surface area contributed by atoms with Gasteiger partial charge in [-0.2, -0.15) is 9.97 Å². The van der Waals surface area contributed by atoms with Crippen LogP contribution in [0.25, 0.3) is 32.8 Å². The highest BCUT2D eigenvalue weighted by atomic mass is 19.1. The zero-order valence-corrected chi connectivity index (χ0v) is 27.9. The van der Waals surface area contributed by atoms with Gasteiger partial charge in [0, 0.05) is 73.2 Å². The first-order valence-electron chi connectivity index (χ1n) is 17.8. The molecular formula is C39H40F3N5O3. The van der Waals surface area contributed by atoms with Crippen LogP contribution in [0, 0.1) is 40.6 Å². The summed E-state index contributed by atoms with van der Waals surface area (Å²) in [7, 11) is 0. The normalized spacial score (nSPS) is 23.9. The molecule has 5 fully saturated rings. The maximum atomic E-state index is 17.0. The number of anilines is 1. The van der Waals surface area contributed by atoms with Crippen molar-refractivity contribution in [1.29, 1.82) is 0 Å². The molecule has 3 aromatic carbocycles. The molecule has 4 aliphatic heterocycles. The summed E-state index contributed by atoms with van der Waals surface area (Å²) in [6.45, 7) is 6.43. The van der Waals surface area contributed by atoms with E-state index < -0.39 is 23.0 Å². The Balaban J connectivity index is 1.10. The van der Waals surface area contributed by atoms with E-state index in [1.807, 2.05) is 0 Å². The molecule has 9 rings (SSSR count). The van der Waals surface area contributed by atoms with Gasteiger partial charge in [0.15, 0.2) is 5.82 Å². The van der Waals surface area contributed by atoms with Gasteiger partial charge in [0.1, 0.15) is 28.7 Å². The molecular weight excluding hydrogens is 643 g/mol. The molecule has 5 heterocycles. The summed E-state index contributed by atoms with van der Waals surface area (Å²) in [6.07, 6.45) is 13.2. The molecule has 0 radical (unpaired) electrons. The zero-order chi connectivity index (χ0) is 34.2. The highest BCUT2D eigenvalue weighted by Crippen LogP contribution is 2.49. The Morgan fingerprint density at radius 3 is 2.52 bits per heavy atom. The second-order valence-corrected chi connectivity index (χ2v) is 15.3. The first kappa shape index (κ1) is 31.8. The Morgan fingerprint density at radius 1 is 1.00 bits per heavy atom. The first-order chi connectivity index (χ1) is 24.2. The Kier molecular flexibility index (Phi) is 7.64. The number of phenols is 1. The number of likely N-dealkylation sites (tertiary alicyclic amines) is 1. The highest BCUT2D eigenvalue weighted by molar-refractivity contribution is 6.04. The molecule has 1 spiro atoms. The van der Waals surface area contributed by atoms with Crippen LogP contribution < -0.4 is 15.0 Å². The monoisotopic (exact) mass is 683 g/mol. The molecule has 2 bridgehead atoms. The van der Waals surface area contributed by atoms with E-state index in [2.05, 4.69) is 26.0 Å². The van der Waals surface area contributed by atoms with Crippen LogP contribution in [-0.4, -0.2) is 84.6 Å². The minimum Gasteiger partial charge on any atom is -0.508 e. The molecule has 11 heteroatoms. The zero-order valence-electron chi connectivity index (χ0n) is 27.9. The number of nitrogens with one attached hydrogen (secondary N) is 1. The van der Waals surface area contributed by atoms with Crippen LogP contribution in [0.15, 0.2) is 30.3 Å². The largest absolute Gasteiger partial charge is 0.508 e. The summed E-state index contributed by atoms with van der Waals surface area (Å²) in [4.78, 5) is 14.1. The predicted octanol–water partition coefficient (Wildman–Crippen LogP) is 6.16. The number of aromatic hydroxyl groups is 1. The van der Waals surface area contributed by atoms with Crippen LogP contribution in [0.2, 0.25) is 0 Å². The molecule has 5 aliphatic rings. The van der Waals surface area contributed by atoms with Gasteiger partial charge in [-0.1, -0.05) is 12.0 Å². The number of aromatic nitrogens is 2. The van der Waals surface area contributed by atoms with E-state index in [1.165, 1.54) is 36.8 Å². The van der Waals surface area contributed by atoms with Crippen molar-refractivity contribution in [2.24, 2.45) is 10.8 Å². The lowest BCUT2D eigenvalue weighted by Gasteiger charge is -2.34. The van der Waals surface area contributed by atoms with Gasteiger partial charge in [-0.05, 0) is 86.6 Å². The van der Waals surface area contributed by atoms with Crippen LogP contribution in [-0.2, 0) is 4.74 Å². The van der Waals surface area contributed by atoms with Crippen molar-refractivity contribution in [2.45, 2.75) is 57.0 Å².